The van der Waals surface area contributed by atoms with Crippen LogP contribution < -0.4 is 5.32 Å². The fourth-order valence-corrected chi connectivity index (χ4v) is 2.03. The summed E-state index contributed by atoms with van der Waals surface area (Å²) < 4.78 is 0. The van der Waals surface area contributed by atoms with E-state index in [9.17, 15) is 10.1 Å². The minimum absolute atomic E-state index is 0.0114. The largest absolute Gasteiger partial charge is 0.326 e. The molecule has 0 aromatic heterocycles. The van der Waals surface area contributed by atoms with Crippen molar-refractivity contribution in [3.8, 4) is 6.07 Å². The van der Waals surface area contributed by atoms with Crippen molar-refractivity contribution in [3.63, 3.8) is 0 Å². The molecule has 0 saturated heterocycles. The number of nitrogens with one attached hydrogen (secondary N) is 1. The van der Waals surface area contributed by atoms with E-state index in [1.54, 1.807) is 0 Å². The van der Waals surface area contributed by atoms with Gasteiger partial charge in [-0.25, -0.2) is 0 Å². The molecule has 0 radical (unpaired) electrons. The van der Waals surface area contributed by atoms with E-state index in [0.717, 1.165) is 16.8 Å². The lowest BCUT2D eigenvalue weighted by atomic mass is 9.92. The molecule has 1 amide bonds. The Morgan fingerprint density at radius 1 is 1.00 bits per heavy atom. The molecule has 2 aromatic rings. The monoisotopic (exact) mass is 278 g/mol. The van der Waals surface area contributed by atoms with Gasteiger partial charge in [-0.3, -0.25) is 4.79 Å². The summed E-state index contributed by atoms with van der Waals surface area (Å²) in [6.07, 6.45) is 0. The molecule has 0 bridgehead atoms. The molecule has 2 aromatic carbocycles. The van der Waals surface area contributed by atoms with Crippen molar-refractivity contribution in [2.45, 2.75) is 19.8 Å². The summed E-state index contributed by atoms with van der Waals surface area (Å²) in [5, 5.41) is 12.2. The fraction of sp³-hybridized carbons (Fsp3) is 0.222. The van der Waals surface area contributed by atoms with Crippen LogP contribution in [0.2, 0.25) is 0 Å². The summed E-state index contributed by atoms with van der Waals surface area (Å²) in [4.78, 5) is 11.6. The van der Waals surface area contributed by atoms with E-state index in [4.69, 9.17) is 0 Å². The van der Waals surface area contributed by atoms with Crippen molar-refractivity contribution in [2.75, 3.05) is 5.32 Å². The second-order valence-corrected chi connectivity index (χ2v) is 5.24. The first-order valence-electron chi connectivity index (χ1n) is 6.97. The third-order valence-corrected chi connectivity index (χ3v) is 3.30. The molecule has 0 saturated carbocycles. The van der Waals surface area contributed by atoms with Gasteiger partial charge in [-0.1, -0.05) is 56.3 Å². The molecule has 0 aliphatic heterocycles. The van der Waals surface area contributed by atoms with E-state index in [0.29, 0.717) is 0 Å². The summed E-state index contributed by atoms with van der Waals surface area (Å²) in [5.41, 5.74) is 2.65. The predicted octanol–water partition coefficient (Wildman–Crippen LogP) is 3.94. The number of nitrogens with zero attached hydrogens (tertiary/aromatic N) is 1. The van der Waals surface area contributed by atoms with Gasteiger partial charge < -0.3 is 5.32 Å². The van der Waals surface area contributed by atoms with Gasteiger partial charge in [-0.05, 0) is 23.3 Å². The Morgan fingerprint density at radius 2 is 1.57 bits per heavy atom. The van der Waals surface area contributed by atoms with Crippen molar-refractivity contribution >= 4 is 11.6 Å². The molecule has 106 valence electrons. The van der Waals surface area contributed by atoms with Crippen molar-refractivity contribution in [1.82, 2.24) is 0 Å². The van der Waals surface area contributed by atoms with Crippen LogP contribution >= 0.6 is 0 Å². The zero-order valence-electron chi connectivity index (χ0n) is 12.2. The van der Waals surface area contributed by atoms with Crippen LogP contribution in [0.25, 0.3) is 0 Å². The summed E-state index contributed by atoms with van der Waals surface area (Å²) >= 11 is 0. The molecular weight excluding hydrogens is 260 g/mol. The fourth-order valence-electron chi connectivity index (χ4n) is 2.03. The lowest BCUT2D eigenvalue weighted by Crippen LogP contribution is -2.17. The molecule has 0 aliphatic carbocycles. The maximum absolute atomic E-state index is 11.6. The van der Waals surface area contributed by atoms with Gasteiger partial charge in [0.25, 0.3) is 0 Å². The molecule has 21 heavy (non-hydrogen) atoms. The Kier molecular flexibility index (Phi) is 4.73. The van der Waals surface area contributed by atoms with Gasteiger partial charge in [0, 0.05) is 11.6 Å². The Morgan fingerprint density at radius 3 is 2.10 bits per heavy atom. The van der Waals surface area contributed by atoms with Crippen molar-refractivity contribution < 1.29 is 4.79 Å². The van der Waals surface area contributed by atoms with Crippen LogP contribution in [0.3, 0.4) is 0 Å². The molecule has 0 heterocycles. The van der Waals surface area contributed by atoms with E-state index in [1.165, 1.54) is 0 Å². The van der Waals surface area contributed by atoms with Gasteiger partial charge in [0.05, 0.1) is 12.0 Å². The maximum Gasteiger partial charge on any atom is 0.226 e. The highest BCUT2D eigenvalue weighted by Crippen LogP contribution is 2.25. The number of nitriles is 1. The van der Waals surface area contributed by atoms with Gasteiger partial charge in [-0.2, -0.15) is 5.26 Å². The highest BCUT2D eigenvalue weighted by atomic mass is 16.1. The number of benzene rings is 2. The normalized spacial score (nSPS) is 11.7. The zero-order valence-corrected chi connectivity index (χ0v) is 12.2. The average molecular weight is 278 g/mol. The SMILES string of the molecule is CC(C)C(=O)Nc1ccc([C@H](C#N)c2ccccc2)cc1. The Balaban J connectivity index is 2.18. The number of carbonyl (C=O) groups excluding carboxylic acids is 1. The average Bonchev–Trinajstić information content (AvgIpc) is 2.50. The third-order valence-electron chi connectivity index (χ3n) is 3.30. The number of carbonyl (C=O) groups is 1. The van der Waals surface area contributed by atoms with Crippen LogP contribution in [0.5, 0.6) is 0 Å². The summed E-state index contributed by atoms with van der Waals surface area (Å²) in [6, 6.07) is 19.5. The molecule has 3 heteroatoms. The number of hydrogen-bond acceptors (Lipinski definition) is 2. The number of amides is 1. The van der Waals surface area contributed by atoms with E-state index in [1.807, 2.05) is 68.4 Å². The van der Waals surface area contributed by atoms with Crippen molar-refractivity contribution in [2.24, 2.45) is 5.92 Å². The first kappa shape index (κ1) is 14.8. The Labute approximate surface area is 125 Å². The Hall–Kier alpha value is -2.60. The lowest BCUT2D eigenvalue weighted by Gasteiger charge is -2.12. The molecule has 0 aliphatic rings. The minimum atomic E-state index is -0.291. The van der Waals surface area contributed by atoms with Crippen molar-refractivity contribution in [1.29, 1.82) is 5.26 Å². The number of anilines is 1. The third kappa shape index (κ3) is 3.70. The van der Waals surface area contributed by atoms with Gasteiger partial charge in [-0.15, -0.1) is 0 Å². The first-order valence-corrected chi connectivity index (χ1v) is 6.97. The van der Waals surface area contributed by atoms with Crippen LogP contribution in [0, 0.1) is 17.2 Å². The summed E-state index contributed by atoms with van der Waals surface area (Å²) in [5.74, 6) is -0.357. The summed E-state index contributed by atoms with van der Waals surface area (Å²) in [6.45, 7) is 3.70. The topological polar surface area (TPSA) is 52.9 Å². The highest BCUT2D eigenvalue weighted by Gasteiger charge is 2.13. The van der Waals surface area contributed by atoms with Crippen LogP contribution in [0.15, 0.2) is 54.6 Å². The standard InChI is InChI=1S/C18H18N2O/c1-13(2)18(21)20-16-10-8-15(9-11-16)17(12-19)14-6-4-3-5-7-14/h3-11,13,17H,1-2H3,(H,20,21)/t17-/m1/s1. The quantitative estimate of drug-likeness (QED) is 0.921. The predicted molar refractivity (Wildman–Crippen MR) is 83.8 cm³/mol. The van der Waals surface area contributed by atoms with E-state index >= 15 is 0 Å². The zero-order chi connectivity index (χ0) is 15.2. The smallest absolute Gasteiger partial charge is 0.226 e. The van der Waals surface area contributed by atoms with E-state index in [-0.39, 0.29) is 17.7 Å². The van der Waals surface area contributed by atoms with E-state index in [2.05, 4.69) is 11.4 Å². The molecule has 0 spiro atoms. The molecule has 1 atom stereocenters. The second kappa shape index (κ2) is 6.71. The molecular formula is C18H18N2O. The van der Waals surface area contributed by atoms with E-state index < -0.39 is 0 Å². The van der Waals surface area contributed by atoms with Gasteiger partial charge in [0.2, 0.25) is 5.91 Å². The summed E-state index contributed by atoms with van der Waals surface area (Å²) in [7, 11) is 0. The van der Waals surface area contributed by atoms with Gasteiger partial charge in [0.15, 0.2) is 0 Å². The molecule has 1 N–H and O–H groups in total. The minimum Gasteiger partial charge on any atom is -0.326 e. The molecule has 0 unspecified atom stereocenters. The lowest BCUT2D eigenvalue weighted by molar-refractivity contribution is -0.118. The first-order chi connectivity index (χ1) is 10.1. The van der Waals surface area contributed by atoms with Gasteiger partial charge in [0.1, 0.15) is 0 Å². The van der Waals surface area contributed by atoms with Crippen molar-refractivity contribution in [3.05, 3.63) is 65.7 Å². The van der Waals surface area contributed by atoms with Crippen LogP contribution in [-0.4, -0.2) is 5.91 Å². The van der Waals surface area contributed by atoms with Crippen LogP contribution in [0.4, 0.5) is 5.69 Å². The maximum atomic E-state index is 11.6. The number of rotatable bonds is 4. The Bertz CT molecular complexity index is 639. The number of hydrogen-bond donors (Lipinski definition) is 1. The molecule has 3 nitrogen and oxygen atoms in total. The van der Waals surface area contributed by atoms with Crippen LogP contribution in [0.1, 0.15) is 30.9 Å². The molecule has 2 rings (SSSR count). The van der Waals surface area contributed by atoms with Crippen LogP contribution in [-0.2, 0) is 4.79 Å². The van der Waals surface area contributed by atoms with Gasteiger partial charge >= 0.3 is 0 Å². The second-order valence-electron chi connectivity index (χ2n) is 5.24. The highest BCUT2D eigenvalue weighted by molar-refractivity contribution is 5.92. The molecule has 0 fully saturated rings.